The van der Waals surface area contributed by atoms with Crippen LogP contribution in [0.15, 0.2) is 0 Å². The fourth-order valence-electron chi connectivity index (χ4n) is 0.610. The van der Waals surface area contributed by atoms with E-state index in [9.17, 15) is 19.5 Å². The summed E-state index contributed by atoms with van der Waals surface area (Å²) in [4.78, 5) is 31.8. The molecule has 0 aromatic carbocycles. The molecule has 1 unspecified atom stereocenters. The molecule has 0 radical (unpaired) electrons. The van der Waals surface area contributed by atoms with Crippen molar-refractivity contribution in [2.45, 2.75) is 26.3 Å². The molecular weight excluding hydrogens is 217 g/mol. The first-order valence-corrected chi connectivity index (χ1v) is 3.97. The molecule has 74 valence electrons. The Morgan fingerprint density at radius 2 is 1.86 bits per heavy atom. The van der Waals surface area contributed by atoms with Crippen LogP contribution in [0.25, 0.3) is 0 Å². The zero-order chi connectivity index (χ0) is 10.6. The second kappa shape index (κ2) is 7.28. The fraction of sp³-hybridized carbons (Fsp3) is 0.571. The minimum absolute atomic E-state index is 0. The summed E-state index contributed by atoms with van der Waals surface area (Å²) in [6.07, 6.45) is -0.346. The normalized spacial score (nSPS) is 11.1. The molecule has 0 rings (SSSR count). The molecule has 0 saturated carbocycles. The van der Waals surface area contributed by atoms with Gasteiger partial charge >= 0.3 is 29.6 Å². The van der Waals surface area contributed by atoms with Gasteiger partial charge in [0, 0.05) is 0 Å². The number of carbonyl (C=O) groups excluding carboxylic acids is 3. The Morgan fingerprint density at radius 1 is 1.43 bits per heavy atom. The molecule has 0 aliphatic carbocycles. The van der Waals surface area contributed by atoms with Gasteiger partial charge in [0.2, 0.25) is 5.91 Å². The Bertz CT molecular complexity index is 246. The van der Waals surface area contributed by atoms with Crippen molar-refractivity contribution in [3.05, 3.63) is 0 Å². The molecule has 0 heterocycles. The summed E-state index contributed by atoms with van der Waals surface area (Å²) in [5, 5.41) is 10.3. The third kappa shape index (κ3) is 5.64. The van der Waals surface area contributed by atoms with Crippen molar-refractivity contribution in [1.82, 2.24) is 4.31 Å². The molecule has 0 aromatic heterocycles. The first-order chi connectivity index (χ1) is 5.86. The fourth-order valence-corrected chi connectivity index (χ4v) is 0.775. The Kier molecular flexibility index (Phi) is 8.52. The van der Waals surface area contributed by atoms with E-state index < -0.39 is 17.9 Å². The molecule has 1 amide bonds. The van der Waals surface area contributed by atoms with E-state index >= 15 is 0 Å². The molecule has 0 bridgehead atoms. The van der Waals surface area contributed by atoms with Gasteiger partial charge in [0.05, 0.1) is 18.4 Å². The van der Waals surface area contributed by atoms with Gasteiger partial charge in [-0.2, -0.15) is 0 Å². The quantitative estimate of drug-likeness (QED) is 0.300. The zero-order valence-corrected chi connectivity index (χ0v) is 11.2. The predicted molar refractivity (Wildman–Crippen MR) is 45.6 cm³/mol. The average Bonchev–Trinajstić information content (AvgIpc) is 2.00. The number of Topliss-reactive ketones (excluding diaryl/α,β-unsaturated/α-hetero) is 1. The number of carboxylic acid groups (broad SMARTS) is 1. The smallest absolute Gasteiger partial charge is 0.548 e. The molecule has 0 N–H and O–H groups in total. The van der Waals surface area contributed by atoms with E-state index in [1.54, 1.807) is 0 Å². The molecule has 0 spiro atoms. The van der Waals surface area contributed by atoms with Crippen molar-refractivity contribution in [2.75, 3.05) is 0 Å². The van der Waals surface area contributed by atoms with Gasteiger partial charge in [0.25, 0.3) is 0 Å². The Morgan fingerprint density at radius 3 is 2.14 bits per heavy atom. The minimum atomic E-state index is -1.41. The molecule has 0 aliphatic rings. The maximum atomic E-state index is 11.0. The summed E-state index contributed by atoms with van der Waals surface area (Å²) in [6, 6.07) is -1.14. The number of nitrogens with zero attached hydrogens (tertiary/aromatic N) is 1. The van der Waals surface area contributed by atoms with Crippen LogP contribution in [0.4, 0.5) is 0 Å². The molecule has 5 nitrogen and oxygen atoms in total. The van der Waals surface area contributed by atoms with E-state index in [4.69, 9.17) is 0 Å². The van der Waals surface area contributed by atoms with Crippen LogP contribution in [-0.2, 0) is 14.4 Å². The number of hydrogen-bond acceptors (Lipinski definition) is 5. The van der Waals surface area contributed by atoms with Gasteiger partial charge in [-0.3, -0.25) is 13.9 Å². The summed E-state index contributed by atoms with van der Waals surface area (Å²) in [5.41, 5.74) is 0. The standard InChI is InChI=1S/C7H11NO4S.Na/c1-4(9)3-6(10)8(13)5(2)7(11)12;/h5,13H,3H2,1-2H3,(H,11,12);/q;+1/p-1. The maximum absolute atomic E-state index is 11.0. The summed E-state index contributed by atoms with van der Waals surface area (Å²) >= 11 is 3.64. The van der Waals surface area contributed by atoms with Gasteiger partial charge in [0.1, 0.15) is 5.78 Å². The van der Waals surface area contributed by atoms with Gasteiger partial charge in [-0.15, -0.1) is 0 Å². The number of amides is 1. The van der Waals surface area contributed by atoms with Crippen LogP contribution in [0.3, 0.4) is 0 Å². The number of ketones is 1. The largest absolute Gasteiger partial charge is 1.00 e. The number of carbonyl (C=O) groups is 3. The van der Waals surface area contributed by atoms with Gasteiger partial charge in [-0.25, -0.2) is 0 Å². The summed E-state index contributed by atoms with van der Waals surface area (Å²) in [6.45, 7) is 2.49. The number of carboxylic acids is 1. The van der Waals surface area contributed by atoms with Crippen LogP contribution >= 0.6 is 12.8 Å². The molecule has 0 aromatic rings. The second-order valence-corrected chi connectivity index (χ2v) is 3.04. The molecule has 7 heteroatoms. The summed E-state index contributed by atoms with van der Waals surface area (Å²) in [5.74, 6) is -2.39. The van der Waals surface area contributed by atoms with Crippen molar-refractivity contribution in [2.24, 2.45) is 0 Å². The van der Waals surface area contributed by atoms with E-state index in [1.807, 2.05) is 0 Å². The van der Waals surface area contributed by atoms with E-state index in [0.29, 0.717) is 4.31 Å². The first-order valence-electron chi connectivity index (χ1n) is 3.57. The Balaban J connectivity index is 0. The Hall–Kier alpha value is -0.0400. The van der Waals surface area contributed by atoms with Crippen molar-refractivity contribution >= 4 is 30.5 Å². The van der Waals surface area contributed by atoms with Gasteiger partial charge in [0.15, 0.2) is 0 Å². The second-order valence-electron chi connectivity index (χ2n) is 2.61. The Labute approximate surface area is 110 Å². The third-order valence-corrected chi connectivity index (χ3v) is 1.93. The van der Waals surface area contributed by atoms with E-state index in [-0.39, 0.29) is 41.8 Å². The topological polar surface area (TPSA) is 77.5 Å². The number of thiol groups is 1. The van der Waals surface area contributed by atoms with Gasteiger partial charge in [-0.05, 0) is 13.8 Å². The molecular formula is C7H10NNaO4S. The van der Waals surface area contributed by atoms with Crippen LogP contribution in [0.5, 0.6) is 0 Å². The zero-order valence-electron chi connectivity index (χ0n) is 8.31. The number of aliphatic carboxylic acids is 1. The molecule has 0 fully saturated rings. The third-order valence-electron chi connectivity index (χ3n) is 1.36. The van der Waals surface area contributed by atoms with Gasteiger partial charge in [-0.1, -0.05) is 12.8 Å². The number of rotatable bonds is 4. The van der Waals surface area contributed by atoms with Gasteiger partial charge < -0.3 is 9.90 Å². The molecule has 0 aliphatic heterocycles. The predicted octanol–water partition coefficient (Wildman–Crippen LogP) is -4.22. The molecule has 1 atom stereocenters. The van der Waals surface area contributed by atoms with E-state index in [1.165, 1.54) is 13.8 Å². The summed E-state index contributed by atoms with van der Waals surface area (Å²) < 4.78 is 0.677. The van der Waals surface area contributed by atoms with E-state index in [0.717, 1.165) is 0 Å². The summed E-state index contributed by atoms with van der Waals surface area (Å²) in [7, 11) is 0. The van der Waals surface area contributed by atoms with Crippen molar-refractivity contribution in [1.29, 1.82) is 0 Å². The van der Waals surface area contributed by atoms with Crippen LogP contribution in [0.2, 0.25) is 0 Å². The van der Waals surface area contributed by atoms with Crippen molar-refractivity contribution in [3.8, 4) is 0 Å². The molecule has 14 heavy (non-hydrogen) atoms. The maximum Gasteiger partial charge on any atom is 1.00 e. The first kappa shape index (κ1) is 16.4. The van der Waals surface area contributed by atoms with Crippen LogP contribution in [-0.4, -0.2) is 28.0 Å². The number of hydrogen-bond donors (Lipinski definition) is 1. The SMILES string of the molecule is CC(=O)CC(=O)N(S)C(C)C(=O)[O-].[Na+]. The van der Waals surface area contributed by atoms with E-state index in [2.05, 4.69) is 12.8 Å². The monoisotopic (exact) mass is 227 g/mol. The van der Waals surface area contributed by atoms with Crippen molar-refractivity contribution < 1.29 is 49.0 Å². The molecule has 0 saturated heterocycles. The van der Waals surface area contributed by atoms with Crippen molar-refractivity contribution in [3.63, 3.8) is 0 Å². The van der Waals surface area contributed by atoms with Crippen LogP contribution < -0.4 is 34.7 Å². The minimum Gasteiger partial charge on any atom is -0.548 e. The average molecular weight is 227 g/mol. The van der Waals surface area contributed by atoms with Crippen LogP contribution in [0, 0.1) is 0 Å². The van der Waals surface area contributed by atoms with Crippen LogP contribution in [0.1, 0.15) is 20.3 Å².